The molecule has 1 aromatic carbocycles. The van der Waals surface area contributed by atoms with E-state index in [1.165, 1.54) is 23.9 Å². The molecule has 0 bridgehead atoms. The number of pyridine rings is 1. The number of rotatable bonds is 7. The Bertz CT molecular complexity index is 959. The molecule has 2 heterocycles. The number of carbonyl (C=O) groups excluding carboxylic acids is 2. The number of benzene rings is 1. The molecule has 0 aliphatic rings. The van der Waals surface area contributed by atoms with Crippen molar-refractivity contribution in [2.45, 2.75) is 12.1 Å². The summed E-state index contributed by atoms with van der Waals surface area (Å²) in [6.07, 6.45) is 1.64. The van der Waals surface area contributed by atoms with Crippen LogP contribution in [0.3, 0.4) is 0 Å². The van der Waals surface area contributed by atoms with Crippen LogP contribution in [0.15, 0.2) is 47.8 Å². The molecular weight excluding hydrogens is 371 g/mol. The summed E-state index contributed by atoms with van der Waals surface area (Å²) < 4.78 is 19.8. The number of nitrogens with one attached hydrogen (secondary N) is 1. The van der Waals surface area contributed by atoms with Crippen LogP contribution >= 0.6 is 11.8 Å². The van der Waals surface area contributed by atoms with Crippen LogP contribution in [0.1, 0.15) is 6.92 Å². The van der Waals surface area contributed by atoms with Gasteiger partial charge in [-0.3, -0.25) is 14.2 Å². The van der Waals surface area contributed by atoms with E-state index < -0.39 is 5.97 Å². The number of halogens is 1. The molecule has 0 aliphatic carbocycles. The minimum atomic E-state index is -0.487. The Morgan fingerprint density at radius 3 is 2.78 bits per heavy atom. The van der Waals surface area contributed by atoms with E-state index in [9.17, 15) is 14.0 Å². The van der Waals surface area contributed by atoms with Gasteiger partial charge in [-0.1, -0.05) is 11.8 Å². The Kier molecular flexibility index (Phi) is 6.02. The maximum atomic E-state index is 13.3. The molecule has 0 atom stereocenters. The van der Waals surface area contributed by atoms with Crippen molar-refractivity contribution in [3.8, 4) is 5.69 Å². The lowest BCUT2D eigenvalue weighted by Gasteiger charge is -2.08. The van der Waals surface area contributed by atoms with Gasteiger partial charge >= 0.3 is 5.97 Å². The Balaban J connectivity index is 1.78. The predicted molar refractivity (Wildman–Crippen MR) is 99.2 cm³/mol. The van der Waals surface area contributed by atoms with Gasteiger partial charge in [-0.25, -0.2) is 14.4 Å². The number of esters is 1. The molecule has 0 fully saturated rings. The highest BCUT2D eigenvalue weighted by atomic mass is 32.2. The third-order valence-corrected chi connectivity index (χ3v) is 4.48. The van der Waals surface area contributed by atoms with Crippen molar-refractivity contribution < 1.29 is 18.7 Å². The Morgan fingerprint density at radius 2 is 2.04 bits per heavy atom. The second-order valence-corrected chi connectivity index (χ2v) is 6.37. The normalized spacial score (nSPS) is 10.7. The van der Waals surface area contributed by atoms with Gasteiger partial charge in [0.2, 0.25) is 5.91 Å². The second-order valence-electron chi connectivity index (χ2n) is 5.42. The average molecular weight is 388 g/mol. The van der Waals surface area contributed by atoms with Gasteiger partial charge in [0.05, 0.1) is 12.4 Å². The van der Waals surface area contributed by atoms with Gasteiger partial charge in [-0.2, -0.15) is 0 Å². The lowest BCUT2D eigenvalue weighted by Crippen LogP contribution is -2.31. The summed E-state index contributed by atoms with van der Waals surface area (Å²) in [5, 5.41) is 3.04. The van der Waals surface area contributed by atoms with Gasteiger partial charge in [-0.15, -0.1) is 0 Å². The first-order chi connectivity index (χ1) is 13.1. The van der Waals surface area contributed by atoms with Crippen molar-refractivity contribution in [1.82, 2.24) is 19.9 Å². The number of nitrogens with zero attached hydrogens (tertiary/aromatic N) is 3. The van der Waals surface area contributed by atoms with Crippen LogP contribution in [-0.2, 0) is 14.3 Å². The lowest BCUT2D eigenvalue weighted by atomic mass is 10.3. The molecule has 1 amide bonds. The third kappa shape index (κ3) is 4.62. The molecule has 3 rings (SSSR count). The highest BCUT2D eigenvalue weighted by Crippen LogP contribution is 2.26. The quantitative estimate of drug-likeness (QED) is 0.494. The van der Waals surface area contributed by atoms with E-state index in [0.29, 0.717) is 22.0 Å². The number of ether oxygens (including phenoxy) is 1. The topological polar surface area (TPSA) is 86.1 Å². The molecule has 2 aromatic heterocycles. The van der Waals surface area contributed by atoms with Crippen LogP contribution in [0.5, 0.6) is 0 Å². The van der Waals surface area contributed by atoms with Gasteiger partial charge in [0.25, 0.3) is 0 Å². The van der Waals surface area contributed by atoms with Gasteiger partial charge in [-0.05, 0) is 43.3 Å². The molecule has 0 spiro atoms. The van der Waals surface area contributed by atoms with E-state index in [-0.39, 0.29) is 30.6 Å². The van der Waals surface area contributed by atoms with Gasteiger partial charge in [0.1, 0.15) is 17.9 Å². The lowest BCUT2D eigenvalue weighted by molar-refractivity contribution is -0.143. The average Bonchev–Trinajstić information content (AvgIpc) is 3.04. The highest BCUT2D eigenvalue weighted by molar-refractivity contribution is 7.99. The van der Waals surface area contributed by atoms with E-state index in [2.05, 4.69) is 15.3 Å². The van der Waals surface area contributed by atoms with E-state index >= 15 is 0 Å². The van der Waals surface area contributed by atoms with Crippen LogP contribution in [0.4, 0.5) is 4.39 Å². The smallest absolute Gasteiger partial charge is 0.325 e. The van der Waals surface area contributed by atoms with Crippen molar-refractivity contribution in [2.75, 3.05) is 18.9 Å². The molecule has 1 N–H and O–H groups in total. The fraction of sp³-hybridized carbons (Fsp3) is 0.222. The largest absolute Gasteiger partial charge is 0.465 e. The van der Waals surface area contributed by atoms with Crippen molar-refractivity contribution in [3.63, 3.8) is 0 Å². The summed E-state index contributed by atoms with van der Waals surface area (Å²) in [6.45, 7) is 1.78. The minimum Gasteiger partial charge on any atom is -0.465 e. The Morgan fingerprint density at radius 1 is 1.26 bits per heavy atom. The van der Waals surface area contributed by atoms with Crippen LogP contribution in [0.25, 0.3) is 16.9 Å². The fourth-order valence-corrected chi connectivity index (χ4v) is 3.22. The Labute approximate surface area is 158 Å². The molecule has 140 valence electrons. The van der Waals surface area contributed by atoms with Crippen LogP contribution in [0.2, 0.25) is 0 Å². The summed E-state index contributed by atoms with van der Waals surface area (Å²) in [6, 6.07) is 9.53. The first-order valence-corrected chi connectivity index (χ1v) is 9.21. The molecule has 0 radical (unpaired) electrons. The summed E-state index contributed by atoms with van der Waals surface area (Å²) in [5.41, 5.74) is 1.96. The maximum absolute atomic E-state index is 13.3. The first kappa shape index (κ1) is 18.8. The van der Waals surface area contributed by atoms with Gasteiger partial charge in [0.15, 0.2) is 10.8 Å². The zero-order valence-corrected chi connectivity index (χ0v) is 15.3. The van der Waals surface area contributed by atoms with Crippen molar-refractivity contribution in [3.05, 3.63) is 48.4 Å². The molecule has 9 heteroatoms. The van der Waals surface area contributed by atoms with E-state index in [0.717, 1.165) is 0 Å². The summed E-state index contributed by atoms with van der Waals surface area (Å²) in [4.78, 5) is 32.1. The van der Waals surface area contributed by atoms with E-state index in [4.69, 9.17) is 4.74 Å². The number of thioether (sulfide) groups is 1. The maximum Gasteiger partial charge on any atom is 0.325 e. The zero-order valence-electron chi connectivity index (χ0n) is 14.5. The summed E-state index contributed by atoms with van der Waals surface area (Å²) in [7, 11) is 0. The number of hydrogen-bond donors (Lipinski definition) is 1. The second kappa shape index (κ2) is 8.63. The number of hydrogen-bond acceptors (Lipinski definition) is 6. The molecule has 0 saturated carbocycles. The minimum absolute atomic E-state index is 0.0594. The van der Waals surface area contributed by atoms with E-state index in [1.54, 1.807) is 35.9 Å². The summed E-state index contributed by atoms with van der Waals surface area (Å²) in [5.74, 6) is -1.09. The number of fused-ring (bicyclic) bond motifs is 1. The fourth-order valence-electron chi connectivity index (χ4n) is 2.38. The van der Waals surface area contributed by atoms with Crippen molar-refractivity contribution in [1.29, 1.82) is 0 Å². The molecule has 0 aliphatic heterocycles. The monoisotopic (exact) mass is 388 g/mol. The van der Waals surface area contributed by atoms with Gasteiger partial charge < -0.3 is 10.1 Å². The van der Waals surface area contributed by atoms with Crippen molar-refractivity contribution >= 4 is 34.8 Å². The zero-order chi connectivity index (χ0) is 19.2. The van der Waals surface area contributed by atoms with E-state index in [1.807, 2.05) is 6.07 Å². The molecule has 27 heavy (non-hydrogen) atoms. The van der Waals surface area contributed by atoms with Crippen LogP contribution < -0.4 is 5.32 Å². The molecule has 7 nitrogen and oxygen atoms in total. The molecule has 3 aromatic rings. The number of aromatic nitrogens is 3. The van der Waals surface area contributed by atoms with Crippen LogP contribution in [-0.4, -0.2) is 45.3 Å². The van der Waals surface area contributed by atoms with Crippen molar-refractivity contribution in [2.24, 2.45) is 0 Å². The third-order valence-electron chi connectivity index (χ3n) is 3.54. The van der Waals surface area contributed by atoms with Gasteiger partial charge in [0, 0.05) is 11.9 Å². The predicted octanol–water partition coefficient (Wildman–Crippen LogP) is 2.33. The summed E-state index contributed by atoms with van der Waals surface area (Å²) >= 11 is 1.20. The SMILES string of the molecule is CCOC(=O)CNC(=O)CSc1nc2cccnc2n1-c1ccc(F)cc1. The number of amides is 1. The number of imidazole rings is 1. The first-order valence-electron chi connectivity index (χ1n) is 8.23. The number of carbonyl (C=O) groups is 2. The Hall–Kier alpha value is -2.94. The van der Waals surface area contributed by atoms with Crippen LogP contribution in [0, 0.1) is 5.82 Å². The molecular formula is C18H17FN4O3S. The standard InChI is InChI=1S/C18H17FN4O3S/c1-2-26-16(25)10-21-15(24)11-27-18-22-14-4-3-9-20-17(14)23(18)13-7-5-12(19)6-8-13/h3-9H,2,10-11H2,1H3,(H,21,24). The molecule has 0 saturated heterocycles. The molecule has 0 unspecified atom stereocenters. The highest BCUT2D eigenvalue weighted by Gasteiger charge is 2.16.